The molecule has 2 unspecified atom stereocenters. The van der Waals surface area contributed by atoms with E-state index >= 15 is 0 Å². The molecule has 0 fully saturated rings. The van der Waals surface area contributed by atoms with E-state index in [0.29, 0.717) is 11.3 Å². The van der Waals surface area contributed by atoms with Crippen LogP contribution < -0.4 is 5.32 Å². The van der Waals surface area contributed by atoms with Crippen molar-refractivity contribution in [2.45, 2.75) is 32.2 Å². The fraction of sp³-hybridized carbons (Fsp3) is 0.167. The smallest absolute Gasteiger partial charge is 0.391 e. The van der Waals surface area contributed by atoms with Gasteiger partial charge in [-0.1, -0.05) is 42.0 Å². The molecule has 37 heavy (non-hydrogen) atoms. The Bertz CT molecular complexity index is 1590. The van der Waals surface area contributed by atoms with E-state index in [9.17, 15) is 23.1 Å². The highest BCUT2D eigenvalue weighted by Crippen LogP contribution is 2.35. The van der Waals surface area contributed by atoms with Gasteiger partial charge >= 0.3 is 6.18 Å². The van der Waals surface area contributed by atoms with Crippen molar-refractivity contribution >= 4 is 27.7 Å². The lowest BCUT2D eigenvalue weighted by atomic mass is 10.0. The quantitative estimate of drug-likeness (QED) is 0.273. The maximum absolute atomic E-state index is 13.3. The second kappa shape index (κ2) is 9.41. The second-order valence-corrected chi connectivity index (χ2v) is 9.23. The average Bonchev–Trinajstić information content (AvgIpc) is 3.19. The molecule has 1 amide bonds. The molecule has 5 rings (SSSR count). The maximum atomic E-state index is 13.3. The topological polar surface area (TPSA) is 54.3 Å². The van der Waals surface area contributed by atoms with Crippen molar-refractivity contribution in [2.75, 3.05) is 0 Å². The van der Waals surface area contributed by atoms with Crippen molar-refractivity contribution in [3.63, 3.8) is 0 Å². The minimum Gasteiger partial charge on any atom is -0.391 e. The normalized spacial score (nSPS) is 13.6. The SMILES string of the molecule is Cc1ccc2c(c1)c1cc(C(=O)NC(c3ccccc3)C(C)O)ccc1n2-c1ccc(C(F)(F)F)cc1. The van der Waals surface area contributed by atoms with Crippen LogP contribution in [0.1, 0.15) is 40.0 Å². The van der Waals surface area contributed by atoms with E-state index in [1.165, 1.54) is 12.1 Å². The van der Waals surface area contributed by atoms with Crippen molar-refractivity contribution in [1.29, 1.82) is 0 Å². The van der Waals surface area contributed by atoms with Gasteiger partial charge in [-0.05, 0) is 74.0 Å². The Kier molecular flexibility index (Phi) is 6.25. The monoisotopic (exact) mass is 502 g/mol. The van der Waals surface area contributed by atoms with Gasteiger partial charge in [0.1, 0.15) is 0 Å². The van der Waals surface area contributed by atoms with Gasteiger partial charge in [-0.2, -0.15) is 13.2 Å². The van der Waals surface area contributed by atoms with Crippen LogP contribution >= 0.6 is 0 Å². The molecular weight excluding hydrogens is 477 g/mol. The van der Waals surface area contributed by atoms with Gasteiger partial charge in [0.25, 0.3) is 5.91 Å². The standard InChI is InChI=1S/C30H25F3N2O2/c1-18-8-14-26-24(16-18)25-17-21(29(37)34-28(19(2)36)20-6-4-3-5-7-20)9-15-27(25)35(26)23-12-10-22(11-13-23)30(31,32)33/h3-17,19,28,36H,1-2H3,(H,34,37). The summed E-state index contributed by atoms with van der Waals surface area (Å²) in [5, 5.41) is 14.9. The van der Waals surface area contributed by atoms with Crippen molar-refractivity contribution in [3.8, 4) is 5.69 Å². The number of alkyl halides is 3. The van der Waals surface area contributed by atoms with Crippen LogP contribution in [0.5, 0.6) is 0 Å². The van der Waals surface area contributed by atoms with Gasteiger partial charge in [-0.3, -0.25) is 4.79 Å². The first-order valence-electron chi connectivity index (χ1n) is 11.9. The molecule has 1 heterocycles. The summed E-state index contributed by atoms with van der Waals surface area (Å²) in [5.41, 5.74) is 3.71. The lowest BCUT2D eigenvalue weighted by Crippen LogP contribution is -2.35. The summed E-state index contributed by atoms with van der Waals surface area (Å²) in [6, 6.07) is 24.9. The summed E-state index contributed by atoms with van der Waals surface area (Å²) < 4.78 is 41.3. The number of carbonyl (C=O) groups excluding carboxylic acids is 1. The molecule has 2 atom stereocenters. The van der Waals surface area contributed by atoms with E-state index < -0.39 is 23.9 Å². The minimum atomic E-state index is -4.41. The third kappa shape index (κ3) is 4.70. The summed E-state index contributed by atoms with van der Waals surface area (Å²) in [6.07, 6.45) is -5.22. The number of fused-ring (bicyclic) bond motifs is 3. The van der Waals surface area contributed by atoms with Crippen LogP contribution in [0.2, 0.25) is 0 Å². The van der Waals surface area contributed by atoms with E-state index in [0.717, 1.165) is 45.1 Å². The lowest BCUT2D eigenvalue weighted by Gasteiger charge is -2.22. The molecule has 7 heteroatoms. The zero-order chi connectivity index (χ0) is 26.3. The molecule has 0 aliphatic carbocycles. The zero-order valence-electron chi connectivity index (χ0n) is 20.3. The van der Waals surface area contributed by atoms with Gasteiger partial charge in [0.2, 0.25) is 0 Å². The Labute approximate surface area is 212 Å². The number of benzene rings is 4. The summed E-state index contributed by atoms with van der Waals surface area (Å²) in [6.45, 7) is 3.59. The van der Waals surface area contributed by atoms with Crippen molar-refractivity contribution in [1.82, 2.24) is 9.88 Å². The van der Waals surface area contributed by atoms with Gasteiger partial charge in [0.05, 0.1) is 28.7 Å². The molecule has 0 saturated carbocycles. The molecule has 0 spiro atoms. The summed E-state index contributed by atoms with van der Waals surface area (Å²) in [7, 11) is 0. The number of hydrogen-bond donors (Lipinski definition) is 2. The van der Waals surface area contributed by atoms with Crippen molar-refractivity contribution < 1.29 is 23.1 Å². The third-order valence-electron chi connectivity index (χ3n) is 6.56. The van der Waals surface area contributed by atoms with E-state index in [1.807, 2.05) is 60.0 Å². The number of aryl methyl sites for hydroxylation is 1. The van der Waals surface area contributed by atoms with E-state index in [1.54, 1.807) is 25.1 Å². The molecule has 1 aromatic heterocycles. The first-order chi connectivity index (χ1) is 17.6. The first-order valence-corrected chi connectivity index (χ1v) is 11.9. The minimum absolute atomic E-state index is 0.334. The Morgan fingerprint density at radius 1 is 0.865 bits per heavy atom. The van der Waals surface area contributed by atoms with Crippen LogP contribution in [0.3, 0.4) is 0 Å². The van der Waals surface area contributed by atoms with Crippen molar-refractivity contribution in [3.05, 3.63) is 113 Å². The third-order valence-corrected chi connectivity index (χ3v) is 6.56. The number of aliphatic hydroxyl groups excluding tert-OH is 1. The van der Waals surface area contributed by atoms with Crippen LogP contribution in [0.4, 0.5) is 13.2 Å². The number of nitrogens with one attached hydrogen (secondary N) is 1. The second-order valence-electron chi connectivity index (χ2n) is 9.23. The Balaban J connectivity index is 1.59. The van der Waals surface area contributed by atoms with Crippen LogP contribution in [-0.4, -0.2) is 21.7 Å². The van der Waals surface area contributed by atoms with E-state index in [-0.39, 0.29) is 5.91 Å². The summed E-state index contributed by atoms with van der Waals surface area (Å²) in [4.78, 5) is 13.3. The number of nitrogens with zero attached hydrogens (tertiary/aromatic N) is 1. The van der Waals surface area contributed by atoms with Crippen LogP contribution in [0.15, 0.2) is 91.0 Å². The van der Waals surface area contributed by atoms with Crippen LogP contribution in [0, 0.1) is 6.92 Å². The van der Waals surface area contributed by atoms with Gasteiger partial charge < -0.3 is 15.0 Å². The Morgan fingerprint density at radius 2 is 1.49 bits per heavy atom. The van der Waals surface area contributed by atoms with Crippen molar-refractivity contribution in [2.24, 2.45) is 0 Å². The molecule has 0 aliphatic rings. The lowest BCUT2D eigenvalue weighted by molar-refractivity contribution is -0.137. The molecular formula is C30H25F3N2O2. The number of carbonyl (C=O) groups is 1. The molecule has 0 aliphatic heterocycles. The number of amides is 1. The molecule has 4 nitrogen and oxygen atoms in total. The van der Waals surface area contributed by atoms with Crippen LogP contribution in [0.25, 0.3) is 27.5 Å². The predicted molar refractivity (Wildman–Crippen MR) is 139 cm³/mol. The molecule has 0 radical (unpaired) electrons. The number of halogens is 3. The molecule has 5 aromatic rings. The molecule has 0 saturated heterocycles. The fourth-order valence-corrected chi connectivity index (χ4v) is 4.72. The highest BCUT2D eigenvalue weighted by molar-refractivity contribution is 6.12. The number of rotatable bonds is 5. The van der Waals surface area contributed by atoms with Gasteiger partial charge in [-0.25, -0.2) is 0 Å². The molecule has 188 valence electrons. The molecule has 0 bridgehead atoms. The zero-order valence-corrected chi connectivity index (χ0v) is 20.3. The average molecular weight is 503 g/mol. The fourth-order valence-electron chi connectivity index (χ4n) is 4.72. The van der Waals surface area contributed by atoms with E-state index in [4.69, 9.17) is 0 Å². The Hall–Kier alpha value is -4.10. The number of aromatic nitrogens is 1. The first kappa shape index (κ1) is 24.6. The summed E-state index contributed by atoms with van der Waals surface area (Å²) in [5.74, 6) is -0.334. The largest absolute Gasteiger partial charge is 0.416 e. The summed E-state index contributed by atoms with van der Waals surface area (Å²) >= 11 is 0. The predicted octanol–water partition coefficient (Wildman–Crippen LogP) is 6.96. The highest BCUT2D eigenvalue weighted by atomic mass is 19.4. The molecule has 2 N–H and O–H groups in total. The number of hydrogen-bond acceptors (Lipinski definition) is 2. The molecule has 4 aromatic carbocycles. The van der Waals surface area contributed by atoms with Gasteiger partial charge in [0.15, 0.2) is 0 Å². The number of aliphatic hydroxyl groups is 1. The van der Waals surface area contributed by atoms with Crippen LogP contribution in [-0.2, 0) is 6.18 Å². The van der Waals surface area contributed by atoms with Gasteiger partial charge in [-0.15, -0.1) is 0 Å². The Morgan fingerprint density at radius 3 is 2.11 bits per heavy atom. The van der Waals surface area contributed by atoms with Gasteiger partial charge in [0, 0.05) is 22.0 Å². The maximum Gasteiger partial charge on any atom is 0.416 e. The highest BCUT2D eigenvalue weighted by Gasteiger charge is 2.30. The van der Waals surface area contributed by atoms with E-state index in [2.05, 4.69) is 5.32 Å².